The van der Waals surface area contributed by atoms with Crippen LogP contribution in [0.3, 0.4) is 0 Å². The fraction of sp³-hybridized carbons (Fsp3) is 0.947. The van der Waals surface area contributed by atoms with Crippen LogP contribution < -0.4 is 0 Å². The third-order valence-electron chi connectivity index (χ3n) is 17.9. The Kier molecular flexibility index (Phi) is 69.1. The molecule has 0 aromatic carbocycles. The van der Waals surface area contributed by atoms with E-state index in [1.165, 1.54) is 225 Å². The number of aliphatic hydroxyl groups is 1. The van der Waals surface area contributed by atoms with Crippen molar-refractivity contribution in [3.8, 4) is 0 Å². The molecule has 2 unspecified atom stereocenters. The van der Waals surface area contributed by atoms with Gasteiger partial charge in [-0.3, -0.25) is 37.3 Å². The highest BCUT2D eigenvalue weighted by Crippen LogP contribution is 2.45. The van der Waals surface area contributed by atoms with Gasteiger partial charge in [0.25, 0.3) is 0 Å². The summed E-state index contributed by atoms with van der Waals surface area (Å²) in [5.74, 6) is -2.12. The predicted octanol–water partition coefficient (Wildman–Crippen LogP) is 22.6. The Balaban J connectivity index is 5.12. The van der Waals surface area contributed by atoms with Crippen LogP contribution in [-0.4, -0.2) is 96.7 Å². The van der Waals surface area contributed by atoms with Gasteiger partial charge in [-0.2, -0.15) is 0 Å². The molecule has 19 heteroatoms. The molecule has 0 spiro atoms. The Bertz CT molecular complexity index is 1810. The fourth-order valence-corrected chi connectivity index (χ4v) is 13.3. The van der Waals surface area contributed by atoms with Gasteiger partial charge in [0.15, 0.2) is 12.2 Å². The van der Waals surface area contributed by atoms with E-state index in [0.717, 1.165) is 103 Å². The second-order valence-corrected chi connectivity index (χ2v) is 30.3. The highest BCUT2D eigenvalue weighted by molar-refractivity contribution is 7.47. The predicted molar refractivity (Wildman–Crippen MR) is 386 cm³/mol. The number of hydrogen-bond donors (Lipinski definition) is 3. The molecule has 0 fully saturated rings. The Morgan fingerprint density at radius 2 is 0.421 bits per heavy atom. The van der Waals surface area contributed by atoms with Crippen LogP contribution in [0.1, 0.15) is 407 Å². The highest BCUT2D eigenvalue weighted by Gasteiger charge is 2.30. The lowest BCUT2D eigenvalue weighted by Gasteiger charge is -2.21. The third kappa shape index (κ3) is 70.3. The number of ether oxygens (including phenoxy) is 4. The number of hydrogen-bond acceptors (Lipinski definition) is 15. The maximum absolute atomic E-state index is 13.1. The van der Waals surface area contributed by atoms with Gasteiger partial charge >= 0.3 is 39.5 Å². The van der Waals surface area contributed by atoms with Crippen LogP contribution in [0.15, 0.2) is 0 Å². The lowest BCUT2D eigenvalue weighted by molar-refractivity contribution is -0.161. The summed E-state index contributed by atoms with van der Waals surface area (Å²) in [5, 5.41) is 10.6. The average Bonchev–Trinajstić information content (AvgIpc) is 2.51. The zero-order valence-corrected chi connectivity index (χ0v) is 63.4. The molecule has 3 N–H and O–H groups in total. The molecule has 95 heavy (non-hydrogen) atoms. The molecular formula is C76H148O17P2. The van der Waals surface area contributed by atoms with Crippen LogP contribution in [-0.2, 0) is 65.4 Å². The Labute approximate surface area is 581 Å². The molecule has 0 heterocycles. The van der Waals surface area contributed by atoms with Gasteiger partial charge in [-0.1, -0.05) is 355 Å². The van der Waals surface area contributed by atoms with Crippen molar-refractivity contribution in [2.24, 2.45) is 0 Å². The standard InChI is InChI=1S/C76H148O17P2/c1-5-9-13-17-21-25-27-29-31-33-34-35-36-37-39-41-43-45-47-51-55-59-63-76(81)93-72(67-87-74(79)61-57-53-50-46-44-42-40-38-32-30-28-26-22-18-14-10-6-2)69-91-95(84,85)89-65-70(77)64-88-94(82,83)90-68-71(92-75(80)62-58-54-49-24-20-16-12-8-4)66-86-73(78)60-56-52-48-23-19-15-11-7-3/h70-72,77H,5-69H2,1-4H3,(H,82,83)(H,84,85)/t70-,71+,72+/m0/s1. The van der Waals surface area contributed by atoms with Crippen molar-refractivity contribution in [3.05, 3.63) is 0 Å². The summed E-state index contributed by atoms with van der Waals surface area (Å²) >= 11 is 0. The number of phosphoric acid groups is 2. The molecule has 0 aliphatic carbocycles. The van der Waals surface area contributed by atoms with E-state index in [4.69, 9.17) is 37.0 Å². The molecule has 17 nitrogen and oxygen atoms in total. The molecular weight excluding hydrogens is 1250 g/mol. The monoisotopic (exact) mass is 1400 g/mol. The smallest absolute Gasteiger partial charge is 0.462 e. The van der Waals surface area contributed by atoms with Crippen LogP contribution in [0.25, 0.3) is 0 Å². The summed E-state index contributed by atoms with van der Waals surface area (Å²) in [4.78, 5) is 72.5. The van der Waals surface area contributed by atoms with Crippen LogP contribution in [0.4, 0.5) is 0 Å². The number of unbranched alkanes of at least 4 members (excludes halogenated alkanes) is 51. The third-order valence-corrected chi connectivity index (χ3v) is 19.8. The van der Waals surface area contributed by atoms with Crippen LogP contribution in [0.2, 0.25) is 0 Å². The van der Waals surface area contributed by atoms with Crippen molar-refractivity contribution >= 4 is 39.5 Å². The van der Waals surface area contributed by atoms with Gasteiger partial charge < -0.3 is 33.8 Å². The molecule has 0 saturated carbocycles. The summed E-state index contributed by atoms with van der Waals surface area (Å²) in [7, 11) is -9.90. The second kappa shape index (κ2) is 70.5. The number of carbonyl (C=O) groups is 4. The zero-order valence-electron chi connectivity index (χ0n) is 61.6. The topological polar surface area (TPSA) is 237 Å². The van der Waals surface area contributed by atoms with Crippen LogP contribution >= 0.6 is 15.6 Å². The van der Waals surface area contributed by atoms with Crippen LogP contribution in [0, 0.1) is 0 Å². The number of esters is 4. The maximum Gasteiger partial charge on any atom is 0.472 e. The summed E-state index contributed by atoms with van der Waals surface area (Å²) in [6.45, 7) is 4.92. The molecule has 0 aromatic rings. The van der Waals surface area contributed by atoms with Crippen molar-refractivity contribution in [2.45, 2.75) is 425 Å². The Hall–Kier alpha value is -1.94. The van der Waals surface area contributed by atoms with Crippen LogP contribution in [0.5, 0.6) is 0 Å². The molecule has 0 aliphatic rings. The number of rotatable bonds is 77. The van der Waals surface area contributed by atoms with Crippen molar-refractivity contribution in [1.82, 2.24) is 0 Å². The van der Waals surface area contributed by atoms with E-state index < -0.39 is 97.5 Å². The molecule has 0 saturated heterocycles. The van der Waals surface area contributed by atoms with Gasteiger partial charge in [-0.05, 0) is 25.7 Å². The van der Waals surface area contributed by atoms with Crippen molar-refractivity contribution in [2.75, 3.05) is 39.6 Å². The minimum absolute atomic E-state index is 0.105. The van der Waals surface area contributed by atoms with Gasteiger partial charge in [0, 0.05) is 25.7 Å². The zero-order chi connectivity index (χ0) is 69.7. The molecule has 0 rings (SSSR count). The van der Waals surface area contributed by atoms with E-state index >= 15 is 0 Å². The molecule has 0 radical (unpaired) electrons. The SMILES string of the molecule is CCCCCCCCCCCCCCCCCCCCCCCCC(=O)O[C@H](COC(=O)CCCCCCCCCCCCCCCCCCC)COP(=O)(O)OC[C@@H](O)COP(=O)(O)OC[C@@H](COC(=O)CCCCCCCCCC)OC(=O)CCCCCCCCCC. The normalized spacial score (nSPS) is 13.9. The van der Waals surface area contributed by atoms with Gasteiger partial charge in [0.1, 0.15) is 19.3 Å². The van der Waals surface area contributed by atoms with Gasteiger partial charge in [0.2, 0.25) is 0 Å². The Morgan fingerprint density at radius 1 is 0.253 bits per heavy atom. The van der Waals surface area contributed by atoms with Crippen molar-refractivity contribution < 1.29 is 80.2 Å². The number of carbonyl (C=O) groups excluding carboxylic acids is 4. The largest absolute Gasteiger partial charge is 0.472 e. The summed E-state index contributed by atoms with van der Waals surface area (Å²) < 4.78 is 68.3. The van der Waals surface area contributed by atoms with Gasteiger partial charge in [0.05, 0.1) is 26.4 Å². The first kappa shape index (κ1) is 93.1. The van der Waals surface area contributed by atoms with E-state index in [1.807, 2.05) is 0 Å². The van der Waals surface area contributed by atoms with E-state index in [1.54, 1.807) is 0 Å². The fourth-order valence-electron chi connectivity index (χ4n) is 11.8. The Morgan fingerprint density at radius 3 is 0.621 bits per heavy atom. The quantitative estimate of drug-likeness (QED) is 0.0222. The molecule has 0 amide bonds. The molecule has 5 atom stereocenters. The number of phosphoric ester groups is 2. The minimum atomic E-state index is -4.95. The van der Waals surface area contributed by atoms with Crippen molar-refractivity contribution in [3.63, 3.8) is 0 Å². The summed E-state index contributed by atoms with van der Waals surface area (Å²) in [5.41, 5.74) is 0. The summed E-state index contributed by atoms with van der Waals surface area (Å²) in [6, 6.07) is 0. The van der Waals surface area contributed by atoms with E-state index in [9.17, 15) is 43.2 Å². The van der Waals surface area contributed by atoms with E-state index in [-0.39, 0.29) is 25.7 Å². The first-order valence-corrected chi connectivity index (χ1v) is 42.8. The molecule has 0 aliphatic heterocycles. The number of aliphatic hydroxyl groups excluding tert-OH is 1. The summed E-state index contributed by atoms with van der Waals surface area (Å²) in [6.07, 6.45) is 61.4. The van der Waals surface area contributed by atoms with E-state index in [0.29, 0.717) is 25.7 Å². The van der Waals surface area contributed by atoms with E-state index in [2.05, 4.69) is 27.7 Å². The first-order valence-electron chi connectivity index (χ1n) is 39.8. The highest BCUT2D eigenvalue weighted by atomic mass is 31.2. The molecule has 0 bridgehead atoms. The minimum Gasteiger partial charge on any atom is -0.462 e. The van der Waals surface area contributed by atoms with Gasteiger partial charge in [-0.15, -0.1) is 0 Å². The lowest BCUT2D eigenvalue weighted by atomic mass is 10.0. The maximum atomic E-state index is 13.1. The first-order chi connectivity index (χ1) is 46.2. The molecule has 564 valence electrons. The van der Waals surface area contributed by atoms with Gasteiger partial charge in [-0.25, -0.2) is 9.13 Å². The lowest BCUT2D eigenvalue weighted by Crippen LogP contribution is -2.30. The second-order valence-electron chi connectivity index (χ2n) is 27.4. The molecule has 0 aromatic heterocycles. The average molecular weight is 1400 g/mol. The van der Waals surface area contributed by atoms with Crippen molar-refractivity contribution in [1.29, 1.82) is 0 Å².